The van der Waals surface area contributed by atoms with Crippen molar-refractivity contribution in [2.24, 2.45) is 5.73 Å². The average Bonchev–Trinajstić information content (AvgIpc) is 2.32. The lowest BCUT2D eigenvalue weighted by Gasteiger charge is -2.19. The van der Waals surface area contributed by atoms with Crippen molar-refractivity contribution in [3.63, 3.8) is 0 Å². The van der Waals surface area contributed by atoms with E-state index in [4.69, 9.17) is 18.0 Å². The van der Waals surface area contributed by atoms with Crippen molar-refractivity contribution in [3.05, 3.63) is 28.0 Å². The highest BCUT2D eigenvalue weighted by molar-refractivity contribution is 9.10. The summed E-state index contributed by atoms with van der Waals surface area (Å²) in [7, 11) is 4.03. The fraction of sp³-hybridized carbons (Fsp3) is 0.462. The van der Waals surface area contributed by atoms with E-state index in [0.29, 0.717) is 15.7 Å². The van der Waals surface area contributed by atoms with Crippen molar-refractivity contribution in [1.82, 2.24) is 4.90 Å². The van der Waals surface area contributed by atoms with Crippen LogP contribution in [0.3, 0.4) is 0 Å². The average molecular weight is 348 g/mol. The first-order valence-corrected chi connectivity index (χ1v) is 7.22. The van der Waals surface area contributed by atoms with Gasteiger partial charge in [-0.15, -0.1) is 0 Å². The molecular formula is C13H19BrFN3S. The number of benzene rings is 1. The Hall–Kier alpha value is -0.720. The molecule has 3 nitrogen and oxygen atoms in total. The molecule has 0 aliphatic carbocycles. The topological polar surface area (TPSA) is 41.3 Å². The lowest BCUT2D eigenvalue weighted by Crippen LogP contribution is -2.23. The van der Waals surface area contributed by atoms with Gasteiger partial charge in [-0.25, -0.2) is 4.39 Å². The second kappa shape index (κ2) is 7.17. The normalized spacial score (nSPS) is 12.5. The standard InChI is InChI=1S/C13H19BrFN3S/c1-8(6-7-18(2)3)17-10-5-4-9(13(16)19)11(14)12(10)15/h4-5,8,17H,6-7H2,1-3H3,(H2,16,19). The molecule has 0 saturated heterocycles. The summed E-state index contributed by atoms with van der Waals surface area (Å²) in [6, 6.07) is 3.57. The molecule has 0 aliphatic heterocycles. The predicted octanol–water partition coefficient (Wildman–Crippen LogP) is 2.97. The Morgan fingerprint density at radius 2 is 2.16 bits per heavy atom. The van der Waals surface area contributed by atoms with Crippen LogP contribution in [0.5, 0.6) is 0 Å². The maximum atomic E-state index is 14.1. The molecule has 0 amide bonds. The van der Waals surface area contributed by atoms with Gasteiger partial charge in [-0.3, -0.25) is 0 Å². The van der Waals surface area contributed by atoms with Gasteiger partial charge in [0.25, 0.3) is 0 Å². The van der Waals surface area contributed by atoms with Gasteiger partial charge in [0, 0.05) is 11.6 Å². The van der Waals surface area contributed by atoms with E-state index in [-0.39, 0.29) is 16.8 Å². The van der Waals surface area contributed by atoms with E-state index in [9.17, 15) is 4.39 Å². The zero-order valence-electron chi connectivity index (χ0n) is 11.3. The van der Waals surface area contributed by atoms with Gasteiger partial charge in [-0.05, 0) is 62.0 Å². The van der Waals surface area contributed by atoms with Crippen molar-refractivity contribution < 1.29 is 4.39 Å². The zero-order valence-corrected chi connectivity index (χ0v) is 13.7. The van der Waals surface area contributed by atoms with Crippen LogP contribution in [-0.4, -0.2) is 36.6 Å². The number of nitrogens with two attached hydrogens (primary N) is 1. The van der Waals surface area contributed by atoms with Gasteiger partial charge in [0.05, 0.1) is 10.2 Å². The summed E-state index contributed by atoms with van der Waals surface area (Å²) >= 11 is 8.06. The Kier molecular flexibility index (Phi) is 6.16. The molecule has 1 rings (SSSR count). The smallest absolute Gasteiger partial charge is 0.161 e. The summed E-state index contributed by atoms with van der Waals surface area (Å²) in [5.41, 5.74) is 6.49. The first kappa shape index (κ1) is 16.3. The molecule has 1 unspecified atom stereocenters. The minimum Gasteiger partial charge on any atom is -0.389 e. The van der Waals surface area contributed by atoms with Gasteiger partial charge < -0.3 is 16.0 Å². The highest BCUT2D eigenvalue weighted by Gasteiger charge is 2.14. The number of nitrogens with one attached hydrogen (secondary N) is 1. The summed E-state index contributed by atoms with van der Waals surface area (Å²) in [5, 5.41) is 3.16. The van der Waals surface area contributed by atoms with Crippen molar-refractivity contribution in [3.8, 4) is 0 Å². The first-order valence-electron chi connectivity index (χ1n) is 6.02. The lowest BCUT2D eigenvalue weighted by molar-refractivity contribution is 0.390. The van der Waals surface area contributed by atoms with Crippen LogP contribution in [0.2, 0.25) is 0 Å². The Balaban J connectivity index is 2.80. The molecule has 0 aliphatic rings. The van der Waals surface area contributed by atoms with E-state index in [1.54, 1.807) is 12.1 Å². The molecule has 19 heavy (non-hydrogen) atoms. The van der Waals surface area contributed by atoms with E-state index < -0.39 is 0 Å². The van der Waals surface area contributed by atoms with E-state index >= 15 is 0 Å². The van der Waals surface area contributed by atoms with Gasteiger partial charge >= 0.3 is 0 Å². The van der Waals surface area contributed by atoms with Crippen LogP contribution in [0.25, 0.3) is 0 Å². The summed E-state index contributed by atoms with van der Waals surface area (Å²) in [6.45, 7) is 2.97. The third-order valence-corrected chi connectivity index (χ3v) is 3.75. The summed E-state index contributed by atoms with van der Waals surface area (Å²) in [6.07, 6.45) is 0.932. The fourth-order valence-electron chi connectivity index (χ4n) is 1.64. The van der Waals surface area contributed by atoms with Gasteiger partial charge in [0.2, 0.25) is 0 Å². The van der Waals surface area contributed by atoms with E-state index in [1.165, 1.54) is 0 Å². The molecule has 0 fully saturated rings. The van der Waals surface area contributed by atoms with Crippen LogP contribution >= 0.6 is 28.1 Å². The minimum absolute atomic E-state index is 0.179. The molecule has 0 aromatic heterocycles. The van der Waals surface area contributed by atoms with Crippen LogP contribution < -0.4 is 11.1 Å². The monoisotopic (exact) mass is 347 g/mol. The van der Waals surface area contributed by atoms with E-state index in [2.05, 4.69) is 26.1 Å². The molecule has 106 valence electrons. The first-order chi connectivity index (χ1) is 8.82. The van der Waals surface area contributed by atoms with Crippen molar-refractivity contribution in [2.45, 2.75) is 19.4 Å². The van der Waals surface area contributed by atoms with Crippen LogP contribution in [-0.2, 0) is 0 Å². The third kappa shape index (κ3) is 4.71. The van der Waals surface area contributed by atoms with Crippen LogP contribution in [0, 0.1) is 5.82 Å². The summed E-state index contributed by atoms with van der Waals surface area (Å²) in [4.78, 5) is 2.28. The number of hydrogen-bond donors (Lipinski definition) is 2. The maximum absolute atomic E-state index is 14.1. The van der Waals surface area contributed by atoms with E-state index in [0.717, 1.165) is 13.0 Å². The second-order valence-corrected chi connectivity index (χ2v) is 6.02. The van der Waals surface area contributed by atoms with Gasteiger partial charge in [0.1, 0.15) is 4.99 Å². The molecule has 0 saturated carbocycles. The maximum Gasteiger partial charge on any atom is 0.161 e. The molecule has 6 heteroatoms. The predicted molar refractivity (Wildman–Crippen MR) is 86.2 cm³/mol. The van der Waals surface area contributed by atoms with Crippen molar-refractivity contribution in [2.75, 3.05) is 26.0 Å². The number of thiocarbonyl (C=S) groups is 1. The third-order valence-electron chi connectivity index (χ3n) is 2.76. The van der Waals surface area contributed by atoms with Crippen LogP contribution in [0.1, 0.15) is 18.9 Å². The van der Waals surface area contributed by atoms with Gasteiger partial charge in [-0.1, -0.05) is 12.2 Å². The number of hydrogen-bond acceptors (Lipinski definition) is 3. The Labute approximate surface area is 127 Å². The van der Waals surface area contributed by atoms with Crippen LogP contribution in [0.15, 0.2) is 16.6 Å². The molecule has 1 aromatic carbocycles. The molecule has 3 N–H and O–H groups in total. The lowest BCUT2D eigenvalue weighted by atomic mass is 10.1. The quantitative estimate of drug-likeness (QED) is 0.776. The molecule has 1 aromatic rings. The Morgan fingerprint density at radius 3 is 2.68 bits per heavy atom. The molecule has 0 radical (unpaired) electrons. The minimum atomic E-state index is -0.359. The van der Waals surface area contributed by atoms with Crippen molar-refractivity contribution in [1.29, 1.82) is 0 Å². The largest absolute Gasteiger partial charge is 0.389 e. The number of halogens is 2. The molecule has 0 bridgehead atoms. The Bertz CT molecular complexity index is 465. The number of nitrogens with zero attached hydrogens (tertiary/aromatic N) is 1. The van der Waals surface area contributed by atoms with Gasteiger partial charge in [-0.2, -0.15) is 0 Å². The fourth-order valence-corrected chi connectivity index (χ4v) is 2.50. The zero-order chi connectivity index (χ0) is 14.6. The SMILES string of the molecule is CC(CCN(C)C)Nc1ccc(C(N)=S)c(Br)c1F. The highest BCUT2D eigenvalue weighted by Crippen LogP contribution is 2.27. The van der Waals surface area contributed by atoms with Crippen molar-refractivity contribution >= 4 is 38.8 Å². The number of anilines is 1. The molecule has 0 heterocycles. The van der Waals surface area contributed by atoms with Crippen LogP contribution in [0.4, 0.5) is 10.1 Å². The second-order valence-electron chi connectivity index (χ2n) is 4.79. The highest BCUT2D eigenvalue weighted by atomic mass is 79.9. The molecular weight excluding hydrogens is 329 g/mol. The summed E-state index contributed by atoms with van der Waals surface area (Å²) in [5.74, 6) is -0.359. The number of rotatable bonds is 6. The summed E-state index contributed by atoms with van der Waals surface area (Å²) < 4.78 is 14.5. The van der Waals surface area contributed by atoms with E-state index in [1.807, 2.05) is 21.0 Å². The van der Waals surface area contributed by atoms with Gasteiger partial charge in [0.15, 0.2) is 5.82 Å². The Morgan fingerprint density at radius 1 is 1.53 bits per heavy atom. The molecule has 1 atom stereocenters. The molecule has 0 spiro atoms.